The zero-order chi connectivity index (χ0) is 12.5. The average molecular weight is 337 g/mol. The summed E-state index contributed by atoms with van der Waals surface area (Å²) < 4.78 is 0.860. The van der Waals surface area contributed by atoms with Crippen molar-refractivity contribution < 1.29 is 4.79 Å². The molecule has 2 rings (SSSR count). The molecule has 0 radical (unpaired) electrons. The molecule has 1 aromatic rings. The molecule has 0 saturated heterocycles. The van der Waals surface area contributed by atoms with E-state index in [1.165, 1.54) is 0 Å². The number of nitrogens with one attached hydrogen (secondary N) is 1. The normalized spacial score (nSPS) is 16.6. The van der Waals surface area contributed by atoms with Gasteiger partial charge in [-0.2, -0.15) is 0 Å². The van der Waals surface area contributed by atoms with Gasteiger partial charge in [-0.05, 0) is 31.0 Å². The molecule has 0 atom stereocenters. The fraction of sp³-hybridized carbons (Fsp3) is 0.417. The summed E-state index contributed by atoms with van der Waals surface area (Å²) in [5, 5.41) is 3.34. The molecule has 1 aliphatic rings. The Morgan fingerprint density at radius 2 is 2.18 bits per heavy atom. The SMILES string of the molecule is O=C(NCC1(CCl)CC1)c1ccc(Br)cc1Cl. The van der Waals surface area contributed by atoms with Crippen molar-refractivity contribution in [2.75, 3.05) is 12.4 Å². The van der Waals surface area contributed by atoms with Crippen LogP contribution in [0.15, 0.2) is 22.7 Å². The number of benzene rings is 1. The molecule has 1 aromatic carbocycles. The van der Waals surface area contributed by atoms with E-state index in [1.807, 2.05) is 0 Å². The fourth-order valence-electron chi connectivity index (χ4n) is 1.57. The molecule has 0 bridgehead atoms. The summed E-state index contributed by atoms with van der Waals surface area (Å²) in [6.45, 7) is 0.627. The molecule has 0 unspecified atom stereocenters. The molecule has 1 amide bonds. The van der Waals surface area contributed by atoms with Gasteiger partial charge in [0.15, 0.2) is 0 Å². The standard InChI is InChI=1S/C12H12BrCl2NO/c13-8-1-2-9(10(15)5-8)11(17)16-7-12(6-14)3-4-12/h1-2,5H,3-4,6-7H2,(H,16,17). The number of alkyl halides is 1. The third kappa shape index (κ3) is 3.15. The lowest BCUT2D eigenvalue weighted by Gasteiger charge is -2.13. The molecular formula is C12H12BrCl2NO. The summed E-state index contributed by atoms with van der Waals surface area (Å²) in [6.07, 6.45) is 2.18. The molecule has 5 heteroatoms. The van der Waals surface area contributed by atoms with Gasteiger partial charge in [0.2, 0.25) is 0 Å². The van der Waals surface area contributed by atoms with Crippen molar-refractivity contribution in [3.63, 3.8) is 0 Å². The van der Waals surface area contributed by atoms with E-state index in [-0.39, 0.29) is 11.3 Å². The Balaban J connectivity index is 2.00. The van der Waals surface area contributed by atoms with Gasteiger partial charge in [-0.1, -0.05) is 27.5 Å². The van der Waals surface area contributed by atoms with Gasteiger partial charge < -0.3 is 5.32 Å². The van der Waals surface area contributed by atoms with Gasteiger partial charge in [0.1, 0.15) is 0 Å². The highest BCUT2D eigenvalue weighted by Gasteiger charge is 2.41. The monoisotopic (exact) mass is 335 g/mol. The number of hydrogen-bond acceptors (Lipinski definition) is 1. The third-order valence-corrected chi connectivity index (χ3v) is 4.41. The second-order valence-electron chi connectivity index (χ2n) is 4.44. The van der Waals surface area contributed by atoms with Crippen LogP contribution >= 0.6 is 39.1 Å². The molecule has 0 aliphatic heterocycles. The predicted octanol–water partition coefficient (Wildman–Crippen LogP) is 3.85. The first-order valence-corrected chi connectivity index (χ1v) is 7.06. The molecule has 1 fully saturated rings. The summed E-state index contributed by atoms with van der Waals surface area (Å²) in [4.78, 5) is 11.9. The van der Waals surface area contributed by atoms with Gasteiger partial charge in [-0.3, -0.25) is 4.79 Å². The molecule has 1 aliphatic carbocycles. The van der Waals surface area contributed by atoms with Gasteiger partial charge in [0, 0.05) is 22.3 Å². The lowest BCUT2D eigenvalue weighted by Crippen LogP contribution is -2.31. The zero-order valence-electron chi connectivity index (χ0n) is 9.10. The Kier molecular flexibility index (Phi) is 4.01. The van der Waals surface area contributed by atoms with E-state index in [4.69, 9.17) is 23.2 Å². The Labute approximate surface area is 119 Å². The van der Waals surface area contributed by atoms with E-state index < -0.39 is 0 Å². The Bertz CT molecular complexity index is 446. The average Bonchev–Trinajstić information content (AvgIpc) is 3.07. The van der Waals surface area contributed by atoms with Crippen LogP contribution in [0.4, 0.5) is 0 Å². The number of rotatable bonds is 4. The second-order valence-corrected chi connectivity index (χ2v) is 6.03. The smallest absolute Gasteiger partial charge is 0.252 e. The minimum Gasteiger partial charge on any atom is -0.351 e. The maximum Gasteiger partial charge on any atom is 0.252 e. The van der Waals surface area contributed by atoms with Crippen LogP contribution in [0.3, 0.4) is 0 Å². The molecular weight excluding hydrogens is 325 g/mol. The van der Waals surface area contributed by atoms with Crippen molar-refractivity contribution in [3.05, 3.63) is 33.3 Å². The van der Waals surface area contributed by atoms with E-state index in [2.05, 4.69) is 21.2 Å². The predicted molar refractivity (Wildman–Crippen MR) is 73.9 cm³/mol. The summed E-state index contributed by atoms with van der Waals surface area (Å²) in [5.74, 6) is 0.459. The molecule has 0 aromatic heterocycles. The first-order valence-electron chi connectivity index (χ1n) is 5.36. The van der Waals surface area contributed by atoms with Crippen LogP contribution in [-0.2, 0) is 0 Å². The summed E-state index contributed by atoms with van der Waals surface area (Å²) in [6, 6.07) is 5.22. The Hall–Kier alpha value is -0.250. The number of carbonyl (C=O) groups is 1. The first kappa shape index (κ1) is 13.2. The van der Waals surface area contributed by atoms with Crippen LogP contribution in [0.1, 0.15) is 23.2 Å². The number of halogens is 3. The van der Waals surface area contributed by atoms with E-state index in [1.54, 1.807) is 18.2 Å². The van der Waals surface area contributed by atoms with Crippen LogP contribution in [0.2, 0.25) is 5.02 Å². The second kappa shape index (κ2) is 5.17. The van der Waals surface area contributed by atoms with Crippen molar-refractivity contribution in [3.8, 4) is 0 Å². The third-order valence-electron chi connectivity index (χ3n) is 3.04. The topological polar surface area (TPSA) is 29.1 Å². The quantitative estimate of drug-likeness (QED) is 0.831. The van der Waals surface area contributed by atoms with Gasteiger partial charge >= 0.3 is 0 Å². The summed E-state index contributed by atoms with van der Waals surface area (Å²) in [5.41, 5.74) is 0.624. The number of hydrogen-bond donors (Lipinski definition) is 1. The molecule has 1 saturated carbocycles. The maximum atomic E-state index is 11.9. The highest BCUT2D eigenvalue weighted by Crippen LogP contribution is 2.45. The molecule has 92 valence electrons. The highest BCUT2D eigenvalue weighted by molar-refractivity contribution is 9.10. The van der Waals surface area contributed by atoms with Gasteiger partial charge in [0.05, 0.1) is 10.6 Å². The lowest BCUT2D eigenvalue weighted by molar-refractivity contribution is 0.0946. The van der Waals surface area contributed by atoms with Crippen LogP contribution in [0, 0.1) is 5.41 Å². The summed E-state index contributed by atoms with van der Waals surface area (Å²) >= 11 is 15.2. The largest absolute Gasteiger partial charge is 0.351 e. The molecule has 1 N–H and O–H groups in total. The van der Waals surface area contributed by atoms with E-state index in [9.17, 15) is 4.79 Å². The summed E-state index contributed by atoms with van der Waals surface area (Å²) in [7, 11) is 0. The van der Waals surface area contributed by atoms with Crippen molar-refractivity contribution in [2.24, 2.45) is 5.41 Å². The first-order chi connectivity index (χ1) is 8.06. The minimum absolute atomic E-state index is 0.124. The van der Waals surface area contributed by atoms with Crippen LogP contribution in [0.25, 0.3) is 0 Å². The zero-order valence-corrected chi connectivity index (χ0v) is 12.2. The van der Waals surface area contributed by atoms with E-state index in [0.29, 0.717) is 23.0 Å². The lowest BCUT2D eigenvalue weighted by atomic mass is 10.1. The maximum absolute atomic E-state index is 11.9. The van der Waals surface area contributed by atoms with Crippen molar-refractivity contribution in [1.82, 2.24) is 5.32 Å². The Morgan fingerprint density at radius 1 is 1.47 bits per heavy atom. The molecule has 17 heavy (non-hydrogen) atoms. The molecule has 0 heterocycles. The number of carbonyl (C=O) groups excluding carboxylic acids is 1. The van der Waals surface area contributed by atoms with Crippen LogP contribution < -0.4 is 5.32 Å². The Morgan fingerprint density at radius 3 is 2.71 bits per heavy atom. The minimum atomic E-state index is -0.140. The molecule has 2 nitrogen and oxygen atoms in total. The highest BCUT2D eigenvalue weighted by atomic mass is 79.9. The van der Waals surface area contributed by atoms with Crippen molar-refractivity contribution in [2.45, 2.75) is 12.8 Å². The van der Waals surface area contributed by atoms with Crippen LogP contribution in [-0.4, -0.2) is 18.3 Å². The van der Waals surface area contributed by atoms with Gasteiger partial charge in [-0.25, -0.2) is 0 Å². The van der Waals surface area contributed by atoms with Gasteiger partial charge in [-0.15, -0.1) is 11.6 Å². The molecule has 0 spiro atoms. The van der Waals surface area contributed by atoms with E-state index >= 15 is 0 Å². The van der Waals surface area contributed by atoms with Crippen LogP contribution in [0.5, 0.6) is 0 Å². The van der Waals surface area contributed by atoms with E-state index in [0.717, 1.165) is 17.3 Å². The van der Waals surface area contributed by atoms with Gasteiger partial charge in [0.25, 0.3) is 5.91 Å². The van der Waals surface area contributed by atoms with Crippen molar-refractivity contribution in [1.29, 1.82) is 0 Å². The number of amides is 1. The van der Waals surface area contributed by atoms with Crippen molar-refractivity contribution >= 4 is 45.0 Å². The fourth-order valence-corrected chi connectivity index (χ4v) is 2.69.